The third-order valence-electron chi connectivity index (χ3n) is 2.56. The monoisotopic (exact) mass is 252 g/mol. The minimum absolute atomic E-state index is 0.00456. The fourth-order valence-electron chi connectivity index (χ4n) is 1.52. The smallest absolute Gasteiger partial charge is 0.180 e. The van der Waals surface area contributed by atoms with E-state index in [1.165, 1.54) is 6.20 Å². The van der Waals surface area contributed by atoms with E-state index in [4.69, 9.17) is 10.00 Å². The van der Waals surface area contributed by atoms with Gasteiger partial charge in [0.1, 0.15) is 17.2 Å². The van der Waals surface area contributed by atoms with Crippen molar-refractivity contribution in [3.05, 3.63) is 53.9 Å². The molecule has 0 aliphatic carbocycles. The maximum Gasteiger partial charge on any atom is 0.180 e. The van der Waals surface area contributed by atoms with Crippen LogP contribution in [0.4, 0.5) is 0 Å². The normalized spacial score (nSPS) is 9.68. The Kier molecular flexibility index (Phi) is 3.89. The van der Waals surface area contributed by atoms with Crippen molar-refractivity contribution in [2.75, 3.05) is 0 Å². The van der Waals surface area contributed by atoms with Gasteiger partial charge in [-0.15, -0.1) is 0 Å². The second kappa shape index (κ2) is 5.78. The van der Waals surface area contributed by atoms with Crippen molar-refractivity contribution in [2.24, 2.45) is 0 Å². The zero-order valence-corrected chi connectivity index (χ0v) is 10.5. The molecule has 4 heteroatoms. The molecular formula is C15H12N2O2. The SMILES string of the molecule is CCC(=O)c1ccc(Oc2ccc(C#N)cc2)cn1. The summed E-state index contributed by atoms with van der Waals surface area (Å²) in [5.41, 5.74) is 1.02. The molecule has 0 aliphatic heterocycles. The first-order valence-corrected chi connectivity index (χ1v) is 5.90. The highest BCUT2D eigenvalue weighted by atomic mass is 16.5. The van der Waals surface area contributed by atoms with Gasteiger partial charge in [0.2, 0.25) is 0 Å². The van der Waals surface area contributed by atoms with E-state index in [0.717, 1.165) is 0 Å². The number of nitriles is 1. The van der Waals surface area contributed by atoms with E-state index < -0.39 is 0 Å². The number of nitrogens with zero attached hydrogens (tertiary/aromatic N) is 2. The molecule has 0 N–H and O–H groups in total. The molecule has 2 aromatic rings. The zero-order chi connectivity index (χ0) is 13.7. The predicted octanol–water partition coefficient (Wildman–Crippen LogP) is 3.34. The third kappa shape index (κ3) is 3.17. The highest BCUT2D eigenvalue weighted by Crippen LogP contribution is 2.21. The molecule has 0 bridgehead atoms. The molecule has 19 heavy (non-hydrogen) atoms. The van der Waals surface area contributed by atoms with E-state index in [1.54, 1.807) is 43.3 Å². The molecule has 0 atom stereocenters. The van der Waals surface area contributed by atoms with Crippen LogP contribution in [-0.4, -0.2) is 10.8 Å². The molecule has 1 aromatic carbocycles. The van der Waals surface area contributed by atoms with Crippen molar-refractivity contribution in [1.82, 2.24) is 4.98 Å². The van der Waals surface area contributed by atoms with E-state index in [2.05, 4.69) is 4.98 Å². The van der Waals surface area contributed by atoms with E-state index in [1.807, 2.05) is 6.07 Å². The van der Waals surface area contributed by atoms with Gasteiger partial charge in [0.25, 0.3) is 0 Å². The van der Waals surface area contributed by atoms with Gasteiger partial charge in [-0.1, -0.05) is 6.92 Å². The molecule has 4 nitrogen and oxygen atoms in total. The number of aromatic nitrogens is 1. The lowest BCUT2D eigenvalue weighted by molar-refractivity contribution is 0.0983. The summed E-state index contributed by atoms with van der Waals surface area (Å²) < 4.78 is 5.56. The number of Topliss-reactive ketones (excluding diaryl/α,β-unsaturated/α-hetero) is 1. The minimum Gasteiger partial charge on any atom is -0.456 e. The number of hydrogen-bond acceptors (Lipinski definition) is 4. The Labute approximate surface area is 111 Å². The Morgan fingerprint density at radius 3 is 2.42 bits per heavy atom. The average molecular weight is 252 g/mol. The van der Waals surface area contributed by atoms with Crippen molar-refractivity contribution < 1.29 is 9.53 Å². The Bertz CT molecular complexity index is 610. The fourth-order valence-corrected chi connectivity index (χ4v) is 1.52. The summed E-state index contributed by atoms with van der Waals surface area (Å²) in [7, 11) is 0. The van der Waals surface area contributed by atoms with Gasteiger partial charge >= 0.3 is 0 Å². The van der Waals surface area contributed by atoms with E-state index in [9.17, 15) is 4.79 Å². The number of ketones is 1. The molecule has 0 unspecified atom stereocenters. The van der Waals surface area contributed by atoms with E-state index in [-0.39, 0.29) is 5.78 Å². The molecule has 94 valence electrons. The first-order chi connectivity index (χ1) is 9.22. The van der Waals surface area contributed by atoms with Crippen molar-refractivity contribution in [3.8, 4) is 17.6 Å². The highest BCUT2D eigenvalue weighted by molar-refractivity contribution is 5.93. The lowest BCUT2D eigenvalue weighted by Gasteiger charge is -2.05. The second-order valence-corrected chi connectivity index (χ2v) is 3.89. The molecular weight excluding hydrogens is 240 g/mol. The fraction of sp³-hybridized carbons (Fsp3) is 0.133. The molecule has 0 aliphatic rings. The Balaban J connectivity index is 2.10. The lowest BCUT2D eigenvalue weighted by atomic mass is 10.2. The Morgan fingerprint density at radius 1 is 1.21 bits per heavy atom. The van der Waals surface area contributed by atoms with Gasteiger partial charge < -0.3 is 4.74 Å². The largest absolute Gasteiger partial charge is 0.456 e. The lowest BCUT2D eigenvalue weighted by Crippen LogP contribution is -1.99. The summed E-state index contributed by atoms with van der Waals surface area (Å²) in [4.78, 5) is 15.5. The molecule has 1 aromatic heterocycles. The first kappa shape index (κ1) is 12.8. The predicted molar refractivity (Wildman–Crippen MR) is 70.1 cm³/mol. The average Bonchev–Trinajstić information content (AvgIpc) is 2.48. The van der Waals surface area contributed by atoms with Crippen LogP contribution < -0.4 is 4.74 Å². The van der Waals surface area contributed by atoms with Gasteiger partial charge in [0, 0.05) is 6.42 Å². The van der Waals surface area contributed by atoms with Crippen LogP contribution in [0.2, 0.25) is 0 Å². The maximum atomic E-state index is 11.4. The van der Waals surface area contributed by atoms with Gasteiger partial charge in [-0.05, 0) is 36.4 Å². The molecule has 2 rings (SSSR count). The molecule has 0 radical (unpaired) electrons. The number of hydrogen-bond donors (Lipinski definition) is 0. The third-order valence-corrected chi connectivity index (χ3v) is 2.56. The summed E-state index contributed by atoms with van der Waals surface area (Å²) in [5.74, 6) is 1.18. The molecule has 0 saturated heterocycles. The van der Waals surface area contributed by atoms with Crippen LogP contribution >= 0.6 is 0 Å². The van der Waals surface area contributed by atoms with Gasteiger partial charge in [-0.2, -0.15) is 5.26 Å². The summed E-state index contributed by atoms with van der Waals surface area (Å²) >= 11 is 0. The van der Waals surface area contributed by atoms with Crippen LogP contribution in [0, 0.1) is 11.3 Å². The molecule has 0 fully saturated rings. The summed E-state index contributed by atoms with van der Waals surface area (Å²) in [5, 5.41) is 8.69. The van der Waals surface area contributed by atoms with E-state index >= 15 is 0 Å². The van der Waals surface area contributed by atoms with Crippen LogP contribution in [0.5, 0.6) is 11.5 Å². The number of carbonyl (C=O) groups excluding carboxylic acids is 1. The quantitative estimate of drug-likeness (QED) is 0.783. The van der Waals surface area contributed by atoms with Crippen LogP contribution in [0.15, 0.2) is 42.6 Å². The highest BCUT2D eigenvalue weighted by Gasteiger charge is 2.05. The number of pyridine rings is 1. The standard InChI is InChI=1S/C15H12N2O2/c1-2-15(18)14-8-7-13(10-17-14)19-12-5-3-11(9-16)4-6-12/h3-8,10H,2H2,1H3. The number of rotatable bonds is 4. The van der Waals surface area contributed by atoms with Crippen LogP contribution in [0.3, 0.4) is 0 Å². The molecule has 0 amide bonds. The van der Waals surface area contributed by atoms with Crippen LogP contribution in [0.25, 0.3) is 0 Å². The molecule has 0 saturated carbocycles. The number of benzene rings is 1. The van der Waals surface area contributed by atoms with Crippen molar-refractivity contribution in [2.45, 2.75) is 13.3 Å². The topological polar surface area (TPSA) is 63.0 Å². The van der Waals surface area contributed by atoms with Gasteiger partial charge in [0.05, 0.1) is 17.8 Å². The van der Waals surface area contributed by atoms with Gasteiger partial charge in [-0.3, -0.25) is 4.79 Å². The first-order valence-electron chi connectivity index (χ1n) is 5.90. The van der Waals surface area contributed by atoms with E-state index in [0.29, 0.717) is 29.2 Å². The van der Waals surface area contributed by atoms with Crippen LogP contribution in [-0.2, 0) is 0 Å². The van der Waals surface area contributed by atoms with Gasteiger partial charge in [0.15, 0.2) is 5.78 Å². The number of carbonyl (C=O) groups is 1. The van der Waals surface area contributed by atoms with Crippen LogP contribution in [0.1, 0.15) is 29.4 Å². The summed E-state index contributed by atoms with van der Waals surface area (Å²) in [6, 6.07) is 12.2. The number of ether oxygens (including phenoxy) is 1. The zero-order valence-electron chi connectivity index (χ0n) is 10.5. The second-order valence-electron chi connectivity index (χ2n) is 3.89. The maximum absolute atomic E-state index is 11.4. The van der Waals surface area contributed by atoms with Crippen molar-refractivity contribution >= 4 is 5.78 Å². The summed E-state index contributed by atoms with van der Waals surface area (Å²) in [6.07, 6.45) is 1.95. The molecule has 0 spiro atoms. The van der Waals surface area contributed by atoms with Crippen molar-refractivity contribution in [3.63, 3.8) is 0 Å². The van der Waals surface area contributed by atoms with Crippen molar-refractivity contribution in [1.29, 1.82) is 5.26 Å². The Hall–Kier alpha value is -2.67. The summed E-state index contributed by atoms with van der Waals surface area (Å²) in [6.45, 7) is 1.80. The van der Waals surface area contributed by atoms with Gasteiger partial charge in [-0.25, -0.2) is 4.98 Å². The minimum atomic E-state index is 0.00456. The Morgan fingerprint density at radius 2 is 1.89 bits per heavy atom. The molecule has 1 heterocycles.